The quantitative estimate of drug-likeness (QED) is 0.824. The first-order valence-corrected chi connectivity index (χ1v) is 8.71. The van der Waals surface area contributed by atoms with Crippen molar-refractivity contribution < 1.29 is 18.0 Å². The number of rotatable bonds is 3. The maximum absolute atomic E-state index is 12.0. The first-order valence-electron chi connectivity index (χ1n) is 6.44. The first kappa shape index (κ1) is 17.0. The second-order valence-electron chi connectivity index (χ2n) is 4.72. The van der Waals surface area contributed by atoms with Crippen molar-refractivity contribution in [1.29, 1.82) is 0 Å². The molecule has 0 bridgehead atoms. The molecule has 0 heterocycles. The van der Waals surface area contributed by atoms with Gasteiger partial charge in [-0.25, -0.2) is 8.42 Å². The Bertz CT molecular complexity index is 848. The summed E-state index contributed by atoms with van der Waals surface area (Å²) in [5, 5.41) is 0.489. The van der Waals surface area contributed by atoms with E-state index in [-0.39, 0.29) is 10.5 Å². The van der Waals surface area contributed by atoms with Crippen molar-refractivity contribution in [2.45, 2.75) is 4.90 Å². The Morgan fingerprint density at radius 2 is 1.48 bits per heavy atom. The molecule has 2 rings (SSSR count). The molecule has 2 aromatic carbocycles. The van der Waals surface area contributed by atoms with Crippen LogP contribution in [-0.4, -0.2) is 26.5 Å². The minimum Gasteiger partial charge on any atom is -0.267 e. The van der Waals surface area contributed by atoms with Crippen molar-refractivity contribution in [3.63, 3.8) is 0 Å². The van der Waals surface area contributed by atoms with Gasteiger partial charge >= 0.3 is 0 Å². The van der Waals surface area contributed by atoms with Crippen LogP contribution in [0, 0.1) is 0 Å². The summed E-state index contributed by atoms with van der Waals surface area (Å²) in [4.78, 5) is 23.8. The van der Waals surface area contributed by atoms with Crippen LogP contribution in [0.25, 0.3) is 0 Å². The SMILES string of the molecule is CS(=O)(=O)c1cccc(C(=O)NNC(=O)c2ccc(Cl)cc2)c1. The van der Waals surface area contributed by atoms with E-state index in [0.717, 1.165) is 6.26 Å². The number of nitrogens with one attached hydrogen (secondary N) is 2. The van der Waals surface area contributed by atoms with Gasteiger partial charge in [0.05, 0.1) is 4.90 Å². The largest absolute Gasteiger partial charge is 0.269 e. The van der Waals surface area contributed by atoms with Crippen LogP contribution in [0.15, 0.2) is 53.4 Å². The average Bonchev–Trinajstić information content (AvgIpc) is 2.52. The van der Waals surface area contributed by atoms with E-state index in [0.29, 0.717) is 10.6 Å². The van der Waals surface area contributed by atoms with Crippen LogP contribution in [-0.2, 0) is 9.84 Å². The Hall–Kier alpha value is -2.38. The lowest BCUT2D eigenvalue weighted by Crippen LogP contribution is -2.41. The summed E-state index contributed by atoms with van der Waals surface area (Å²) >= 11 is 5.72. The van der Waals surface area contributed by atoms with Gasteiger partial charge in [-0.2, -0.15) is 0 Å². The van der Waals surface area contributed by atoms with Crippen molar-refractivity contribution in [1.82, 2.24) is 10.9 Å². The van der Waals surface area contributed by atoms with Gasteiger partial charge in [0, 0.05) is 22.4 Å². The molecule has 23 heavy (non-hydrogen) atoms. The molecule has 0 atom stereocenters. The van der Waals surface area contributed by atoms with Crippen LogP contribution in [0.4, 0.5) is 0 Å². The van der Waals surface area contributed by atoms with Gasteiger partial charge in [-0.3, -0.25) is 20.4 Å². The smallest absolute Gasteiger partial charge is 0.267 e. The zero-order valence-electron chi connectivity index (χ0n) is 12.0. The van der Waals surface area contributed by atoms with Gasteiger partial charge in [0.2, 0.25) is 0 Å². The highest BCUT2D eigenvalue weighted by Gasteiger charge is 2.12. The number of sulfone groups is 1. The number of hydrogen-bond donors (Lipinski definition) is 2. The minimum atomic E-state index is -3.42. The summed E-state index contributed by atoms with van der Waals surface area (Å²) in [6.07, 6.45) is 1.05. The number of carbonyl (C=O) groups is 2. The highest BCUT2D eigenvalue weighted by Crippen LogP contribution is 2.11. The van der Waals surface area contributed by atoms with E-state index in [1.54, 1.807) is 12.1 Å². The molecule has 6 nitrogen and oxygen atoms in total. The lowest BCUT2D eigenvalue weighted by molar-refractivity contribution is 0.0846. The summed E-state index contributed by atoms with van der Waals surface area (Å²) in [5.74, 6) is -1.15. The number of benzene rings is 2. The van der Waals surface area contributed by atoms with Crippen molar-refractivity contribution in [3.05, 3.63) is 64.7 Å². The Morgan fingerprint density at radius 3 is 2.04 bits per heavy atom. The summed E-state index contributed by atoms with van der Waals surface area (Å²) < 4.78 is 22.9. The molecule has 0 aliphatic rings. The average molecular weight is 353 g/mol. The third kappa shape index (κ3) is 4.54. The lowest BCUT2D eigenvalue weighted by Gasteiger charge is -2.08. The van der Waals surface area contributed by atoms with Crippen molar-refractivity contribution in [2.75, 3.05) is 6.26 Å². The maximum Gasteiger partial charge on any atom is 0.269 e. The van der Waals surface area contributed by atoms with Gasteiger partial charge in [-0.1, -0.05) is 17.7 Å². The minimum absolute atomic E-state index is 0.0224. The zero-order valence-corrected chi connectivity index (χ0v) is 13.6. The summed E-state index contributed by atoms with van der Waals surface area (Å²) in [5.41, 5.74) is 4.90. The lowest BCUT2D eigenvalue weighted by atomic mass is 10.2. The Kier molecular flexibility index (Phi) is 5.02. The molecule has 0 radical (unpaired) electrons. The van der Waals surface area contributed by atoms with E-state index >= 15 is 0 Å². The van der Waals surface area contributed by atoms with Gasteiger partial charge in [0.25, 0.3) is 11.8 Å². The van der Waals surface area contributed by atoms with Gasteiger partial charge in [-0.05, 0) is 42.5 Å². The van der Waals surface area contributed by atoms with E-state index in [1.807, 2.05) is 0 Å². The molecule has 2 aromatic rings. The zero-order chi connectivity index (χ0) is 17.0. The summed E-state index contributed by atoms with van der Waals surface area (Å²) in [6, 6.07) is 11.6. The predicted molar refractivity (Wildman–Crippen MR) is 85.9 cm³/mol. The molecule has 0 saturated heterocycles. The topological polar surface area (TPSA) is 92.3 Å². The van der Waals surface area contributed by atoms with Crippen LogP contribution in [0.5, 0.6) is 0 Å². The van der Waals surface area contributed by atoms with Gasteiger partial charge in [0.1, 0.15) is 0 Å². The molecule has 120 valence electrons. The van der Waals surface area contributed by atoms with Gasteiger partial charge < -0.3 is 0 Å². The molecule has 0 aliphatic heterocycles. The van der Waals surface area contributed by atoms with E-state index in [9.17, 15) is 18.0 Å². The van der Waals surface area contributed by atoms with Crippen LogP contribution >= 0.6 is 11.6 Å². The predicted octanol–water partition coefficient (Wildman–Crippen LogP) is 1.82. The molecule has 0 saturated carbocycles. The van der Waals surface area contributed by atoms with Crippen molar-refractivity contribution >= 4 is 33.3 Å². The molecule has 8 heteroatoms. The van der Waals surface area contributed by atoms with E-state index < -0.39 is 21.7 Å². The number of carbonyl (C=O) groups excluding carboxylic acids is 2. The Morgan fingerprint density at radius 1 is 0.913 bits per heavy atom. The molecule has 2 amide bonds. The Labute approximate surface area is 138 Å². The highest BCUT2D eigenvalue weighted by molar-refractivity contribution is 7.90. The molecule has 0 aliphatic carbocycles. The third-order valence-electron chi connectivity index (χ3n) is 2.92. The fraction of sp³-hybridized carbons (Fsp3) is 0.0667. The van der Waals surface area contributed by atoms with Crippen LogP contribution in [0.1, 0.15) is 20.7 Å². The number of hydrazine groups is 1. The second kappa shape index (κ2) is 6.80. The van der Waals surface area contributed by atoms with Crippen LogP contribution < -0.4 is 10.9 Å². The molecular formula is C15H13ClN2O4S. The van der Waals surface area contributed by atoms with Crippen LogP contribution in [0.2, 0.25) is 5.02 Å². The Balaban J connectivity index is 2.05. The molecule has 0 aromatic heterocycles. The number of hydrogen-bond acceptors (Lipinski definition) is 4. The standard InChI is InChI=1S/C15H13ClN2O4S/c1-23(21,22)13-4-2-3-11(9-13)15(20)18-17-14(19)10-5-7-12(16)8-6-10/h2-9H,1H3,(H,17,19)(H,18,20). The maximum atomic E-state index is 12.0. The highest BCUT2D eigenvalue weighted by atomic mass is 35.5. The number of amides is 2. The van der Waals surface area contributed by atoms with Crippen molar-refractivity contribution in [3.8, 4) is 0 Å². The number of halogens is 1. The third-order valence-corrected chi connectivity index (χ3v) is 4.28. The van der Waals surface area contributed by atoms with Crippen molar-refractivity contribution in [2.24, 2.45) is 0 Å². The monoisotopic (exact) mass is 352 g/mol. The van der Waals surface area contributed by atoms with E-state index in [1.165, 1.54) is 36.4 Å². The molecular weight excluding hydrogens is 340 g/mol. The summed E-state index contributed by atoms with van der Waals surface area (Å²) in [7, 11) is -3.42. The second-order valence-corrected chi connectivity index (χ2v) is 7.17. The summed E-state index contributed by atoms with van der Waals surface area (Å²) in [6.45, 7) is 0. The van der Waals surface area contributed by atoms with E-state index in [4.69, 9.17) is 11.6 Å². The fourth-order valence-corrected chi connectivity index (χ4v) is 2.52. The molecule has 2 N–H and O–H groups in total. The molecule has 0 spiro atoms. The molecule has 0 unspecified atom stereocenters. The van der Waals surface area contributed by atoms with Gasteiger partial charge in [0.15, 0.2) is 9.84 Å². The normalized spacial score (nSPS) is 10.9. The van der Waals surface area contributed by atoms with Gasteiger partial charge in [-0.15, -0.1) is 0 Å². The van der Waals surface area contributed by atoms with E-state index in [2.05, 4.69) is 10.9 Å². The fourth-order valence-electron chi connectivity index (χ4n) is 1.73. The first-order chi connectivity index (χ1) is 10.8. The molecule has 0 fully saturated rings. The van der Waals surface area contributed by atoms with Crippen LogP contribution in [0.3, 0.4) is 0 Å².